The van der Waals surface area contributed by atoms with Crippen molar-refractivity contribution in [3.8, 4) is 0 Å². The smallest absolute Gasteiger partial charge is 0.306 e. The molecule has 0 aromatic rings. The molecule has 10 heteroatoms. The summed E-state index contributed by atoms with van der Waals surface area (Å²) in [4.78, 5) is 25.3. The van der Waals surface area contributed by atoms with Crippen LogP contribution in [-0.4, -0.2) is 89.0 Å². The van der Waals surface area contributed by atoms with Gasteiger partial charge in [-0.1, -0.05) is 164 Å². The zero-order valence-corrected chi connectivity index (χ0v) is 38.1. The molecule has 0 aromatic heterocycles. The van der Waals surface area contributed by atoms with Gasteiger partial charge in [0.25, 0.3) is 0 Å². The second kappa shape index (κ2) is 41.2. The number of unbranched alkanes of at least 4 members (excludes halogenated alkanes) is 17. The zero-order valence-electron chi connectivity index (χ0n) is 38.1. The van der Waals surface area contributed by atoms with Crippen LogP contribution in [0.25, 0.3) is 0 Å². The topological polar surface area (TPSA) is 152 Å². The van der Waals surface area contributed by atoms with Crippen LogP contribution in [0, 0.1) is 0 Å². The minimum absolute atomic E-state index is 0.193. The van der Waals surface area contributed by atoms with E-state index in [-0.39, 0.29) is 26.1 Å². The first-order valence-corrected chi connectivity index (χ1v) is 24.0. The van der Waals surface area contributed by atoms with E-state index < -0.39 is 55.4 Å². The van der Waals surface area contributed by atoms with Crippen molar-refractivity contribution in [1.29, 1.82) is 0 Å². The lowest BCUT2D eigenvalue weighted by molar-refractivity contribution is -0.305. The number of aliphatic hydroxyl groups excluding tert-OH is 4. The van der Waals surface area contributed by atoms with Crippen LogP contribution in [0.3, 0.4) is 0 Å². The minimum atomic E-state index is -1.61. The standard InChI is InChI=1S/C51H86O10/c1-3-5-7-9-11-13-15-17-19-20-21-22-23-24-26-27-29-31-33-35-37-39-46(53)58-42-44(43-59-51-50(57)49(56)48(55)45(41-52)61-51)60-47(54)40-38-36-34-32-30-28-25-18-16-14-12-10-8-6-4-2/h14,16,18-20,22-23,25-27,31,33,44-45,48-52,55-57H,3-13,15,17,21,24,28-30,32,34-43H2,1-2H3/b16-14+,20-19+,23-22+,25-18+,27-26+,33-31+/t44-,45-,48+,49?,50?,51-/m0/s1. The molecule has 0 aromatic carbocycles. The SMILES string of the molecule is CCCCCC/C=C/C=C/CCCCCCCC(=O)O[C@@H](COC(=O)CCC/C=C/C/C=C/C/C=C/C/C=C/CCCCCCCCC)CO[C@H]1O[C@@H](CO)[C@@H](O)C(O)C1O. The fraction of sp³-hybridized carbons (Fsp3) is 0.725. The molecule has 1 rings (SSSR count). The maximum absolute atomic E-state index is 12.8. The Balaban J connectivity index is 2.36. The van der Waals surface area contributed by atoms with Gasteiger partial charge in [0.1, 0.15) is 31.0 Å². The highest BCUT2D eigenvalue weighted by Gasteiger charge is 2.44. The summed E-state index contributed by atoms with van der Waals surface area (Å²) in [6.45, 7) is 3.32. The number of esters is 2. The molecule has 350 valence electrons. The number of aliphatic hydroxyl groups is 4. The Hall–Kier alpha value is -2.86. The maximum atomic E-state index is 12.8. The molecule has 0 spiro atoms. The molecular weight excluding hydrogens is 773 g/mol. The van der Waals surface area contributed by atoms with Crippen molar-refractivity contribution in [2.75, 3.05) is 19.8 Å². The molecule has 2 unspecified atom stereocenters. The number of hydrogen-bond acceptors (Lipinski definition) is 10. The summed E-state index contributed by atoms with van der Waals surface area (Å²) in [5, 5.41) is 40.1. The highest BCUT2D eigenvalue weighted by atomic mass is 16.7. The first-order chi connectivity index (χ1) is 29.8. The van der Waals surface area contributed by atoms with Gasteiger partial charge in [0.15, 0.2) is 12.4 Å². The largest absolute Gasteiger partial charge is 0.462 e. The predicted molar refractivity (Wildman–Crippen MR) is 247 cm³/mol. The maximum Gasteiger partial charge on any atom is 0.306 e. The molecule has 0 saturated carbocycles. The van der Waals surface area contributed by atoms with Gasteiger partial charge in [-0.25, -0.2) is 0 Å². The quantitative estimate of drug-likeness (QED) is 0.0203. The Kier molecular flexibility index (Phi) is 37.9. The zero-order chi connectivity index (χ0) is 44.4. The van der Waals surface area contributed by atoms with Crippen LogP contribution in [0.5, 0.6) is 0 Å². The van der Waals surface area contributed by atoms with Gasteiger partial charge in [-0.05, 0) is 77.0 Å². The van der Waals surface area contributed by atoms with Crippen molar-refractivity contribution in [2.24, 2.45) is 0 Å². The molecule has 0 amide bonds. The predicted octanol–water partition coefficient (Wildman–Crippen LogP) is 10.8. The Morgan fingerprint density at radius 2 is 0.984 bits per heavy atom. The molecule has 1 heterocycles. The normalized spacial score (nSPS) is 20.4. The van der Waals surface area contributed by atoms with E-state index in [0.29, 0.717) is 12.8 Å². The van der Waals surface area contributed by atoms with E-state index in [1.807, 2.05) is 0 Å². The lowest BCUT2D eigenvalue weighted by atomic mass is 9.99. The summed E-state index contributed by atoms with van der Waals surface area (Å²) in [5.41, 5.74) is 0. The van der Waals surface area contributed by atoms with Crippen molar-refractivity contribution in [2.45, 2.75) is 218 Å². The Labute approximate surface area is 370 Å². The number of carbonyl (C=O) groups excluding carboxylic acids is 2. The summed E-state index contributed by atoms with van der Waals surface area (Å²) in [5.74, 6) is -0.894. The van der Waals surface area contributed by atoms with Gasteiger partial charge in [0.2, 0.25) is 0 Å². The highest BCUT2D eigenvalue weighted by Crippen LogP contribution is 2.22. The molecule has 1 fully saturated rings. The lowest BCUT2D eigenvalue weighted by Gasteiger charge is -2.39. The van der Waals surface area contributed by atoms with E-state index in [2.05, 4.69) is 86.8 Å². The molecule has 0 aliphatic carbocycles. The molecule has 1 saturated heterocycles. The number of allylic oxidation sites excluding steroid dienone is 12. The van der Waals surface area contributed by atoms with Crippen LogP contribution in [-0.2, 0) is 28.5 Å². The van der Waals surface area contributed by atoms with Gasteiger partial charge in [0, 0.05) is 12.8 Å². The van der Waals surface area contributed by atoms with E-state index >= 15 is 0 Å². The average molecular weight is 859 g/mol. The number of carbonyl (C=O) groups is 2. The van der Waals surface area contributed by atoms with Gasteiger partial charge < -0.3 is 39.4 Å². The van der Waals surface area contributed by atoms with Crippen LogP contribution < -0.4 is 0 Å². The van der Waals surface area contributed by atoms with Crippen molar-refractivity contribution in [3.05, 3.63) is 72.9 Å². The van der Waals surface area contributed by atoms with Crippen LogP contribution in [0.15, 0.2) is 72.9 Å². The summed E-state index contributed by atoms with van der Waals surface area (Å²) < 4.78 is 22.1. The summed E-state index contributed by atoms with van der Waals surface area (Å²) in [7, 11) is 0. The molecule has 4 N–H and O–H groups in total. The van der Waals surface area contributed by atoms with Gasteiger partial charge in [-0.15, -0.1) is 0 Å². The molecule has 10 nitrogen and oxygen atoms in total. The monoisotopic (exact) mass is 859 g/mol. The van der Waals surface area contributed by atoms with Crippen molar-refractivity contribution >= 4 is 11.9 Å². The minimum Gasteiger partial charge on any atom is -0.462 e. The molecule has 0 bridgehead atoms. The van der Waals surface area contributed by atoms with E-state index in [0.717, 1.165) is 64.2 Å². The second-order valence-electron chi connectivity index (χ2n) is 16.2. The fourth-order valence-electron chi connectivity index (χ4n) is 6.76. The van der Waals surface area contributed by atoms with Crippen molar-refractivity contribution < 1.29 is 49.0 Å². The number of rotatable bonds is 39. The first kappa shape index (κ1) is 56.2. The third-order valence-electron chi connectivity index (χ3n) is 10.6. The summed E-state index contributed by atoms with van der Waals surface area (Å²) in [6, 6.07) is 0. The van der Waals surface area contributed by atoms with Crippen LogP contribution in [0.2, 0.25) is 0 Å². The second-order valence-corrected chi connectivity index (χ2v) is 16.2. The number of hydrogen-bond donors (Lipinski definition) is 4. The van der Waals surface area contributed by atoms with Crippen LogP contribution >= 0.6 is 0 Å². The molecule has 0 radical (unpaired) electrons. The van der Waals surface area contributed by atoms with Crippen LogP contribution in [0.1, 0.15) is 181 Å². The number of ether oxygens (including phenoxy) is 4. The van der Waals surface area contributed by atoms with E-state index in [9.17, 15) is 30.0 Å². The molecular formula is C51H86O10. The van der Waals surface area contributed by atoms with Gasteiger partial charge in [-0.2, -0.15) is 0 Å². The lowest BCUT2D eigenvalue weighted by Crippen LogP contribution is -2.59. The average Bonchev–Trinajstić information content (AvgIpc) is 3.26. The third kappa shape index (κ3) is 32.5. The van der Waals surface area contributed by atoms with Gasteiger partial charge in [0.05, 0.1) is 13.2 Å². The fourth-order valence-corrected chi connectivity index (χ4v) is 6.76. The summed E-state index contributed by atoms with van der Waals surface area (Å²) >= 11 is 0. The molecule has 1 aliphatic rings. The third-order valence-corrected chi connectivity index (χ3v) is 10.6. The molecule has 1 aliphatic heterocycles. The van der Waals surface area contributed by atoms with Crippen LogP contribution in [0.4, 0.5) is 0 Å². The molecule has 6 atom stereocenters. The van der Waals surface area contributed by atoms with Crippen molar-refractivity contribution in [1.82, 2.24) is 0 Å². The van der Waals surface area contributed by atoms with E-state index in [4.69, 9.17) is 18.9 Å². The van der Waals surface area contributed by atoms with E-state index in [1.54, 1.807) is 0 Å². The Bertz CT molecular complexity index is 1220. The first-order valence-electron chi connectivity index (χ1n) is 24.0. The highest BCUT2D eigenvalue weighted by molar-refractivity contribution is 5.70. The molecule has 61 heavy (non-hydrogen) atoms. The van der Waals surface area contributed by atoms with E-state index in [1.165, 1.54) is 77.0 Å². The Morgan fingerprint density at radius 3 is 1.54 bits per heavy atom. The Morgan fingerprint density at radius 1 is 0.525 bits per heavy atom. The summed E-state index contributed by atoms with van der Waals surface area (Å²) in [6.07, 6.45) is 44.8. The van der Waals surface area contributed by atoms with Gasteiger partial charge >= 0.3 is 11.9 Å². The van der Waals surface area contributed by atoms with Crippen molar-refractivity contribution in [3.63, 3.8) is 0 Å². The van der Waals surface area contributed by atoms with Gasteiger partial charge in [-0.3, -0.25) is 9.59 Å².